The molecule has 0 radical (unpaired) electrons. The Morgan fingerprint density at radius 2 is 2.11 bits per heavy atom. The highest BCUT2D eigenvalue weighted by Crippen LogP contribution is 2.27. The fourth-order valence-electron chi connectivity index (χ4n) is 3.05. The minimum absolute atomic E-state index is 0.0765. The SMILES string of the molecule is C[C@@H](O)c1cn(CC(=O)OCc2cc(=O)oc3ccc4ccccc4c23)nn1. The molecule has 0 fully saturated rings. The van der Waals surface area contributed by atoms with Crippen molar-refractivity contribution in [3.8, 4) is 0 Å². The topological polar surface area (TPSA) is 107 Å². The van der Waals surface area contributed by atoms with Crippen molar-refractivity contribution in [1.82, 2.24) is 15.0 Å². The third-order valence-electron chi connectivity index (χ3n) is 4.38. The molecular weight excluding hydrogens is 362 g/mol. The number of aliphatic hydroxyl groups is 1. The van der Waals surface area contributed by atoms with Crippen LogP contribution in [0.15, 0.2) is 57.9 Å². The lowest BCUT2D eigenvalue weighted by atomic mass is 10.0. The van der Waals surface area contributed by atoms with E-state index < -0.39 is 17.7 Å². The molecule has 8 heteroatoms. The van der Waals surface area contributed by atoms with Gasteiger partial charge < -0.3 is 14.3 Å². The van der Waals surface area contributed by atoms with Gasteiger partial charge in [0, 0.05) is 17.0 Å². The van der Waals surface area contributed by atoms with Gasteiger partial charge in [0.25, 0.3) is 0 Å². The van der Waals surface area contributed by atoms with Crippen LogP contribution in [0.25, 0.3) is 21.7 Å². The van der Waals surface area contributed by atoms with Crippen molar-refractivity contribution in [3.63, 3.8) is 0 Å². The summed E-state index contributed by atoms with van der Waals surface area (Å²) in [6.07, 6.45) is 0.708. The standard InChI is InChI=1S/C20H17N3O5/c1-12(24)16-9-23(22-21-16)10-19(26)27-11-14-8-18(25)28-17-7-6-13-4-2-3-5-15(13)20(14)17/h2-9,12,24H,10-11H2,1H3/t12-/m1/s1. The van der Waals surface area contributed by atoms with Crippen molar-refractivity contribution in [2.24, 2.45) is 0 Å². The zero-order chi connectivity index (χ0) is 19.7. The van der Waals surface area contributed by atoms with Gasteiger partial charge in [0.15, 0.2) is 0 Å². The molecule has 1 atom stereocenters. The van der Waals surface area contributed by atoms with Crippen LogP contribution < -0.4 is 5.63 Å². The maximum atomic E-state index is 12.2. The molecule has 4 aromatic rings. The van der Waals surface area contributed by atoms with Crippen LogP contribution in [-0.4, -0.2) is 26.1 Å². The average molecular weight is 379 g/mol. The van der Waals surface area contributed by atoms with Gasteiger partial charge in [-0.05, 0) is 23.8 Å². The quantitative estimate of drug-likeness (QED) is 0.322. The van der Waals surface area contributed by atoms with Crippen LogP contribution >= 0.6 is 0 Å². The predicted octanol–water partition coefficient (Wildman–Crippen LogP) is 2.33. The zero-order valence-electron chi connectivity index (χ0n) is 15.0. The summed E-state index contributed by atoms with van der Waals surface area (Å²) >= 11 is 0. The monoisotopic (exact) mass is 379 g/mol. The average Bonchev–Trinajstić information content (AvgIpc) is 3.14. The molecule has 8 nitrogen and oxygen atoms in total. The highest BCUT2D eigenvalue weighted by molar-refractivity contribution is 6.07. The van der Waals surface area contributed by atoms with Crippen LogP contribution in [0.3, 0.4) is 0 Å². The lowest BCUT2D eigenvalue weighted by molar-refractivity contribution is -0.145. The molecule has 0 amide bonds. The Morgan fingerprint density at radius 3 is 2.89 bits per heavy atom. The van der Waals surface area contributed by atoms with Crippen molar-refractivity contribution in [3.05, 3.63) is 70.3 Å². The second-order valence-electron chi connectivity index (χ2n) is 6.43. The molecule has 28 heavy (non-hydrogen) atoms. The second-order valence-corrected chi connectivity index (χ2v) is 6.43. The Kier molecular flexibility index (Phi) is 4.62. The Bertz CT molecular complexity index is 1230. The fraction of sp³-hybridized carbons (Fsp3) is 0.200. The van der Waals surface area contributed by atoms with Gasteiger partial charge in [-0.25, -0.2) is 9.48 Å². The fourth-order valence-corrected chi connectivity index (χ4v) is 3.05. The third kappa shape index (κ3) is 3.49. The number of hydrogen-bond donors (Lipinski definition) is 1. The first kappa shape index (κ1) is 17.9. The molecule has 2 aromatic carbocycles. The zero-order valence-corrected chi connectivity index (χ0v) is 15.0. The van der Waals surface area contributed by atoms with Crippen LogP contribution in [-0.2, 0) is 22.7 Å². The van der Waals surface area contributed by atoms with Crippen LogP contribution in [0, 0.1) is 0 Å². The van der Waals surface area contributed by atoms with Crippen molar-refractivity contribution in [2.45, 2.75) is 26.2 Å². The molecule has 0 aliphatic rings. The second kappa shape index (κ2) is 7.24. The van der Waals surface area contributed by atoms with Crippen molar-refractivity contribution < 1.29 is 19.1 Å². The van der Waals surface area contributed by atoms with Crippen LogP contribution in [0.5, 0.6) is 0 Å². The van der Waals surface area contributed by atoms with E-state index in [2.05, 4.69) is 10.3 Å². The summed E-state index contributed by atoms with van der Waals surface area (Å²) in [6.45, 7) is 1.33. The Balaban J connectivity index is 1.59. The first-order valence-electron chi connectivity index (χ1n) is 8.69. The first-order valence-corrected chi connectivity index (χ1v) is 8.69. The van der Waals surface area contributed by atoms with Gasteiger partial charge in [0.2, 0.25) is 0 Å². The van der Waals surface area contributed by atoms with Gasteiger partial charge in [-0.15, -0.1) is 5.10 Å². The molecular formula is C20H17N3O5. The number of aliphatic hydroxyl groups excluding tert-OH is 1. The smallest absolute Gasteiger partial charge is 0.336 e. The molecule has 0 aliphatic carbocycles. The van der Waals surface area contributed by atoms with E-state index in [1.807, 2.05) is 30.3 Å². The molecule has 0 saturated carbocycles. The number of aromatic nitrogens is 3. The Labute approximate surface area is 159 Å². The summed E-state index contributed by atoms with van der Waals surface area (Å²) in [5.74, 6) is -0.538. The molecule has 4 rings (SSSR count). The summed E-state index contributed by atoms with van der Waals surface area (Å²) in [7, 11) is 0. The highest BCUT2D eigenvalue weighted by Gasteiger charge is 2.13. The van der Waals surface area contributed by atoms with Gasteiger partial charge in [0.05, 0.1) is 12.3 Å². The van der Waals surface area contributed by atoms with E-state index in [0.29, 0.717) is 16.8 Å². The highest BCUT2D eigenvalue weighted by atomic mass is 16.5. The third-order valence-corrected chi connectivity index (χ3v) is 4.38. The summed E-state index contributed by atoms with van der Waals surface area (Å²) in [5, 5.41) is 19.7. The van der Waals surface area contributed by atoms with E-state index in [1.54, 1.807) is 13.0 Å². The number of esters is 1. The summed E-state index contributed by atoms with van der Waals surface area (Å²) < 4.78 is 11.9. The molecule has 0 bridgehead atoms. The van der Waals surface area contributed by atoms with E-state index in [4.69, 9.17) is 9.15 Å². The van der Waals surface area contributed by atoms with E-state index in [1.165, 1.54) is 16.9 Å². The maximum absolute atomic E-state index is 12.2. The number of carbonyl (C=O) groups excluding carboxylic acids is 1. The normalized spacial score (nSPS) is 12.4. The number of carbonyl (C=O) groups is 1. The lowest BCUT2D eigenvalue weighted by Crippen LogP contribution is -2.14. The number of ether oxygens (including phenoxy) is 1. The lowest BCUT2D eigenvalue weighted by Gasteiger charge is -2.09. The molecule has 1 N–H and O–H groups in total. The first-order chi connectivity index (χ1) is 13.5. The maximum Gasteiger partial charge on any atom is 0.336 e. The summed E-state index contributed by atoms with van der Waals surface area (Å²) in [6, 6.07) is 12.6. The van der Waals surface area contributed by atoms with E-state index in [-0.39, 0.29) is 13.2 Å². The van der Waals surface area contributed by atoms with Gasteiger partial charge >= 0.3 is 11.6 Å². The molecule has 0 aliphatic heterocycles. The van der Waals surface area contributed by atoms with E-state index in [9.17, 15) is 14.7 Å². The number of nitrogens with zero attached hydrogens (tertiary/aromatic N) is 3. The summed E-state index contributed by atoms with van der Waals surface area (Å²) in [4.78, 5) is 24.1. The molecule has 2 heterocycles. The molecule has 0 spiro atoms. The Morgan fingerprint density at radius 1 is 1.29 bits per heavy atom. The number of fused-ring (bicyclic) bond motifs is 3. The van der Waals surface area contributed by atoms with Gasteiger partial charge in [-0.1, -0.05) is 35.5 Å². The van der Waals surface area contributed by atoms with Gasteiger partial charge in [0.1, 0.15) is 24.4 Å². The van der Waals surface area contributed by atoms with Gasteiger partial charge in [-0.3, -0.25) is 4.79 Å². The predicted molar refractivity (Wildman–Crippen MR) is 100 cm³/mol. The van der Waals surface area contributed by atoms with Gasteiger partial charge in [-0.2, -0.15) is 0 Å². The van der Waals surface area contributed by atoms with E-state index >= 15 is 0 Å². The number of hydrogen-bond acceptors (Lipinski definition) is 7. The molecule has 2 aromatic heterocycles. The molecule has 0 saturated heterocycles. The van der Waals surface area contributed by atoms with Crippen molar-refractivity contribution in [1.29, 1.82) is 0 Å². The minimum atomic E-state index is -0.770. The minimum Gasteiger partial charge on any atom is -0.459 e. The summed E-state index contributed by atoms with van der Waals surface area (Å²) in [5.41, 5.74) is 0.868. The molecule has 0 unspecified atom stereocenters. The van der Waals surface area contributed by atoms with E-state index in [0.717, 1.165) is 16.2 Å². The largest absolute Gasteiger partial charge is 0.459 e. The van der Waals surface area contributed by atoms with Crippen molar-refractivity contribution >= 4 is 27.7 Å². The Hall–Kier alpha value is -3.52. The van der Waals surface area contributed by atoms with Crippen molar-refractivity contribution in [2.75, 3.05) is 0 Å². The van der Waals surface area contributed by atoms with Crippen LogP contribution in [0.4, 0.5) is 0 Å². The number of rotatable bonds is 5. The van der Waals surface area contributed by atoms with Crippen LogP contribution in [0.1, 0.15) is 24.3 Å². The molecule has 142 valence electrons. The van der Waals surface area contributed by atoms with Crippen LogP contribution in [0.2, 0.25) is 0 Å². The number of benzene rings is 2.